The number of ether oxygens (including phenoxy) is 1. The molecule has 106 valence electrons. The van der Waals surface area contributed by atoms with Crippen molar-refractivity contribution < 1.29 is 15.4 Å². The maximum Gasteiger partial charge on any atom is 0.328 e. The molecular weight excluding hydrogens is 256 g/mol. The van der Waals surface area contributed by atoms with E-state index in [0.717, 1.165) is 16.8 Å². The van der Waals surface area contributed by atoms with E-state index in [2.05, 4.69) is 5.16 Å². The van der Waals surface area contributed by atoms with Crippen LogP contribution in [0.4, 0.5) is 11.6 Å². The molecule has 0 saturated heterocycles. The molecule has 1 atom stereocenters. The lowest BCUT2D eigenvalue weighted by molar-refractivity contribution is -0.141. The highest BCUT2D eigenvalue weighted by Crippen LogP contribution is 2.33. The van der Waals surface area contributed by atoms with Crippen molar-refractivity contribution >= 4 is 17.5 Å². The number of carbonyl (C=O) groups is 1. The number of para-hydroxylation sites is 1. The maximum absolute atomic E-state index is 12.0. The van der Waals surface area contributed by atoms with Crippen LogP contribution in [0.25, 0.3) is 0 Å². The summed E-state index contributed by atoms with van der Waals surface area (Å²) in [7, 11) is 1.35. The Morgan fingerprint density at radius 3 is 2.80 bits per heavy atom. The Hall–Kier alpha value is -2.30. The quantitative estimate of drug-likeness (QED) is 0.803. The van der Waals surface area contributed by atoms with Crippen molar-refractivity contribution in [2.45, 2.75) is 26.8 Å². The van der Waals surface area contributed by atoms with Gasteiger partial charge >= 0.3 is 5.97 Å². The minimum absolute atomic E-state index is 0.388. The van der Waals surface area contributed by atoms with Crippen molar-refractivity contribution in [1.82, 2.24) is 5.16 Å². The SMILES string of the molecule is [2H]c1ccc(C)c(N(c2ccno2)[C@@H](C)C(=O)OC)c1C. The molecule has 0 bridgehead atoms. The third-order valence-electron chi connectivity index (χ3n) is 3.19. The van der Waals surface area contributed by atoms with Crippen LogP contribution in [-0.4, -0.2) is 24.3 Å². The molecule has 0 aliphatic heterocycles. The molecule has 1 aromatic carbocycles. The molecule has 0 aliphatic carbocycles. The second-order valence-electron chi connectivity index (χ2n) is 4.55. The number of methoxy groups -OCH3 is 1. The van der Waals surface area contributed by atoms with E-state index in [-0.39, 0.29) is 5.97 Å². The first-order chi connectivity index (χ1) is 9.97. The van der Waals surface area contributed by atoms with E-state index in [1.54, 1.807) is 24.0 Å². The summed E-state index contributed by atoms with van der Waals surface area (Å²) in [4.78, 5) is 13.7. The standard InChI is InChI=1S/C15H18N2O3/c1-10-6-5-7-11(2)14(10)17(12(3)15(18)19-4)13-8-9-16-20-13/h5-9,12H,1-4H3/t12-/m0/s1/i6D. The van der Waals surface area contributed by atoms with Gasteiger partial charge in [0.15, 0.2) is 0 Å². The second kappa shape index (κ2) is 5.77. The number of carbonyl (C=O) groups excluding carboxylic acids is 1. The molecule has 0 amide bonds. The number of rotatable bonds is 4. The summed E-state index contributed by atoms with van der Waals surface area (Å²) >= 11 is 0. The highest BCUT2D eigenvalue weighted by Gasteiger charge is 2.28. The van der Waals surface area contributed by atoms with E-state index in [1.807, 2.05) is 19.9 Å². The lowest BCUT2D eigenvalue weighted by Crippen LogP contribution is -2.37. The van der Waals surface area contributed by atoms with E-state index in [9.17, 15) is 4.79 Å². The largest absolute Gasteiger partial charge is 0.467 e. The van der Waals surface area contributed by atoms with Gasteiger partial charge in [-0.1, -0.05) is 23.3 Å². The van der Waals surface area contributed by atoms with Crippen molar-refractivity contribution in [3.63, 3.8) is 0 Å². The smallest absolute Gasteiger partial charge is 0.328 e. The number of nitrogens with zero attached hydrogens (tertiary/aromatic N) is 2. The van der Waals surface area contributed by atoms with Gasteiger partial charge in [-0.2, -0.15) is 0 Å². The van der Waals surface area contributed by atoms with Gasteiger partial charge in [-0.05, 0) is 31.9 Å². The molecule has 1 aromatic heterocycles. The van der Waals surface area contributed by atoms with Gasteiger partial charge in [0.25, 0.3) is 0 Å². The summed E-state index contributed by atoms with van der Waals surface area (Å²) in [6, 6.07) is 5.06. The van der Waals surface area contributed by atoms with Gasteiger partial charge in [0.1, 0.15) is 6.04 Å². The summed E-state index contributed by atoms with van der Waals surface area (Å²) in [6.07, 6.45) is 1.52. The van der Waals surface area contributed by atoms with E-state index < -0.39 is 6.04 Å². The van der Waals surface area contributed by atoms with Crippen LogP contribution in [0.15, 0.2) is 35.0 Å². The van der Waals surface area contributed by atoms with Crippen LogP contribution in [0.2, 0.25) is 0 Å². The Bertz CT molecular complexity index is 641. The van der Waals surface area contributed by atoms with Gasteiger partial charge in [-0.3, -0.25) is 4.90 Å². The minimum atomic E-state index is -0.595. The van der Waals surface area contributed by atoms with Crippen LogP contribution in [0, 0.1) is 13.8 Å². The number of hydrogen-bond acceptors (Lipinski definition) is 5. The van der Waals surface area contributed by atoms with E-state index in [4.69, 9.17) is 10.6 Å². The van der Waals surface area contributed by atoms with Crippen molar-refractivity contribution in [3.8, 4) is 0 Å². The average Bonchev–Trinajstić information content (AvgIpc) is 3.00. The zero-order valence-corrected chi connectivity index (χ0v) is 12.0. The molecule has 0 saturated carbocycles. The Kier molecular flexibility index (Phi) is 3.67. The molecule has 2 rings (SSSR count). The van der Waals surface area contributed by atoms with Crippen molar-refractivity contribution in [2.75, 3.05) is 12.0 Å². The fourth-order valence-corrected chi connectivity index (χ4v) is 2.21. The summed E-state index contributed by atoms with van der Waals surface area (Å²) in [5, 5.41) is 3.70. The maximum atomic E-state index is 12.0. The Morgan fingerprint density at radius 1 is 1.45 bits per heavy atom. The van der Waals surface area contributed by atoms with Gasteiger partial charge in [-0.15, -0.1) is 0 Å². The van der Waals surface area contributed by atoms with Gasteiger partial charge in [0.05, 0.1) is 20.4 Å². The van der Waals surface area contributed by atoms with Crippen molar-refractivity contribution in [3.05, 3.63) is 41.6 Å². The van der Waals surface area contributed by atoms with Crippen LogP contribution in [0.1, 0.15) is 19.4 Å². The molecule has 1 heterocycles. The fraction of sp³-hybridized carbons (Fsp3) is 0.333. The van der Waals surface area contributed by atoms with Crippen molar-refractivity contribution in [1.29, 1.82) is 0 Å². The summed E-state index contributed by atoms with van der Waals surface area (Å²) in [6.45, 7) is 5.50. The number of anilines is 2. The Morgan fingerprint density at radius 2 is 2.20 bits per heavy atom. The van der Waals surface area contributed by atoms with E-state index in [1.165, 1.54) is 13.3 Å². The highest BCUT2D eigenvalue weighted by molar-refractivity contribution is 5.83. The topological polar surface area (TPSA) is 55.6 Å². The summed E-state index contributed by atoms with van der Waals surface area (Å²) < 4.78 is 18.0. The average molecular weight is 275 g/mol. The molecule has 0 radical (unpaired) electrons. The lowest BCUT2D eigenvalue weighted by Gasteiger charge is -2.29. The lowest BCUT2D eigenvalue weighted by atomic mass is 10.1. The van der Waals surface area contributed by atoms with E-state index in [0.29, 0.717) is 11.9 Å². The van der Waals surface area contributed by atoms with Crippen molar-refractivity contribution in [2.24, 2.45) is 0 Å². The number of aromatic nitrogens is 1. The molecule has 2 aromatic rings. The van der Waals surface area contributed by atoms with Gasteiger partial charge in [-0.25, -0.2) is 4.79 Å². The molecule has 5 nitrogen and oxygen atoms in total. The monoisotopic (exact) mass is 275 g/mol. The van der Waals surface area contributed by atoms with Gasteiger partial charge in [0, 0.05) is 6.07 Å². The van der Waals surface area contributed by atoms with Crippen LogP contribution in [0.3, 0.4) is 0 Å². The molecule has 0 fully saturated rings. The second-order valence-corrected chi connectivity index (χ2v) is 4.55. The van der Waals surface area contributed by atoms with Crippen LogP contribution >= 0.6 is 0 Å². The molecule has 20 heavy (non-hydrogen) atoms. The molecule has 0 unspecified atom stereocenters. The molecule has 0 N–H and O–H groups in total. The molecule has 0 spiro atoms. The van der Waals surface area contributed by atoms with Crippen LogP contribution < -0.4 is 4.90 Å². The Balaban J connectivity index is 2.61. The highest BCUT2D eigenvalue weighted by atomic mass is 16.5. The van der Waals surface area contributed by atoms with Gasteiger partial charge < -0.3 is 9.26 Å². The summed E-state index contributed by atoms with van der Waals surface area (Å²) in [5.41, 5.74) is 2.47. The first-order valence-corrected chi connectivity index (χ1v) is 6.32. The third-order valence-corrected chi connectivity index (χ3v) is 3.19. The van der Waals surface area contributed by atoms with Crippen LogP contribution in [0.5, 0.6) is 0 Å². The van der Waals surface area contributed by atoms with Crippen LogP contribution in [-0.2, 0) is 9.53 Å². The fourth-order valence-electron chi connectivity index (χ4n) is 2.21. The first-order valence-electron chi connectivity index (χ1n) is 6.82. The molecular formula is C15H18N2O3. The predicted molar refractivity (Wildman–Crippen MR) is 76.0 cm³/mol. The predicted octanol–water partition coefficient (Wildman–Crippen LogP) is 2.99. The normalized spacial score (nSPS) is 12.7. The number of esters is 1. The number of aryl methyl sites for hydroxylation is 1. The first kappa shape index (κ1) is 12.7. The zero-order valence-electron chi connectivity index (χ0n) is 13.0. The molecule has 0 aliphatic rings. The Labute approximate surface area is 119 Å². The van der Waals surface area contributed by atoms with Gasteiger partial charge in [0.2, 0.25) is 5.88 Å². The third kappa shape index (κ3) is 2.52. The molecule has 5 heteroatoms. The zero-order chi connectivity index (χ0) is 15.6. The number of hydrogen-bond donors (Lipinski definition) is 0. The van der Waals surface area contributed by atoms with E-state index >= 15 is 0 Å². The number of benzene rings is 1. The summed E-state index contributed by atoms with van der Waals surface area (Å²) in [5.74, 6) is 0.0466. The minimum Gasteiger partial charge on any atom is -0.467 e.